The van der Waals surface area contributed by atoms with Crippen LogP contribution in [0, 0.1) is 6.92 Å². The van der Waals surface area contributed by atoms with Gasteiger partial charge in [0.05, 0.1) is 17.4 Å². The molecule has 1 aromatic heterocycles. The van der Waals surface area contributed by atoms with Gasteiger partial charge in [-0.3, -0.25) is 9.78 Å². The highest BCUT2D eigenvalue weighted by Crippen LogP contribution is 2.34. The second-order valence-corrected chi connectivity index (χ2v) is 6.63. The van der Waals surface area contributed by atoms with Crippen molar-refractivity contribution in [2.75, 3.05) is 11.4 Å². The van der Waals surface area contributed by atoms with Crippen molar-refractivity contribution in [3.8, 4) is 0 Å². The molecule has 1 aliphatic heterocycles. The van der Waals surface area contributed by atoms with Gasteiger partial charge in [0.1, 0.15) is 0 Å². The standard InChI is InChI=1S/C22H21N3O/c1-16-5-4-6-17(11-16)13-24-22(26)19-12-20(15-23-14-19)25-10-9-18-7-2-3-8-21(18)25/h2-8,11-12,14-15H,9-10,13H2,1H3,(H,24,26). The van der Waals surface area contributed by atoms with Crippen LogP contribution in [0.3, 0.4) is 0 Å². The van der Waals surface area contributed by atoms with Crippen LogP contribution in [0.1, 0.15) is 27.0 Å². The molecule has 2 heterocycles. The monoisotopic (exact) mass is 343 g/mol. The van der Waals surface area contributed by atoms with Crippen molar-refractivity contribution in [2.45, 2.75) is 19.9 Å². The predicted octanol–water partition coefficient (Wildman–Crippen LogP) is 4.01. The summed E-state index contributed by atoms with van der Waals surface area (Å²) < 4.78 is 0. The van der Waals surface area contributed by atoms with Crippen molar-refractivity contribution in [2.24, 2.45) is 0 Å². The number of benzene rings is 2. The topological polar surface area (TPSA) is 45.2 Å². The van der Waals surface area contributed by atoms with Crippen molar-refractivity contribution in [1.29, 1.82) is 0 Å². The third kappa shape index (κ3) is 3.31. The van der Waals surface area contributed by atoms with Crippen LogP contribution in [0.4, 0.5) is 11.4 Å². The Labute approximate surface area is 153 Å². The maximum absolute atomic E-state index is 12.5. The first kappa shape index (κ1) is 16.3. The Bertz CT molecular complexity index is 951. The van der Waals surface area contributed by atoms with E-state index in [9.17, 15) is 4.79 Å². The average Bonchev–Trinajstić information content (AvgIpc) is 3.10. The third-order valence-corrected chi connectivity index (χ3v) is 4.72. The molecule has 26 heavy (non-hydrogen) atoms. The summed E-state index contributed by atoms with van der Waals surface area (Å²) >= 11 is 0. The summed E-state index contributed by atoms with van der Waals surface area (Å²) in [5, 5.41) is 2.98. The number of para-hydroxylation sites is 1. The van der Waals surface area contributed by atoms with Crippen LogP contribution in [-0.2, 0) is 13.0 Å². The molecule has 1 amide bonds. The molecule has 0 unspecified atom stereocenters. The molecule has 1 N–H and O–H groups in total. The van der Waals surface area contributed by atoms with E-state index in [0.717, 1.165) is 24.2 Å². The van der Waals surface area contributed by atoms with Crippen LogP contribution in [0.15, 0.2) is 67.0 Å². The van der Waals surface area contributed by atoms with Crippen molar-refractivity contribution in [3.05, 3.63) is 89.2 Å². The average molecular weight is 343 g/mol. The van der Waals surface area contributed by atoms with Crippen LogP contribution in [0.25, 0.3) is 0 Å². The molecule has 0 fully saturated rings. The van der Waals surface area contributed by atoms with Crippen molar-refractivity contribution >= 4 is 17.3 Å². The number of pyridine rings is 1. The van der Waals surface area contributed by atoms with Gasteiger partial charge in [-0.15, -0.1) is 0 Å². The van der Waals surface area contributed by atoms with Gasteiger partial charge in [-0.1, -0.05) is 48.0 Å². The van der Waals surface area contributed by atoms with Gasteiger partial charge in [0.15, 0.2) is 0 Å². The SMILES string of the molecule is Cc1cccc(CNC(=O)c2cncc(N3CCc4ccccc43)c2)c1. The van der Waals surface area contributed by atoms with Crippen LogP contribution in [-0.4, -0.2) is 17.4 Å². The maximum Gasteiger partial charge on any atom is 0.253 e. The molecule has 130 valence electrons. The molecule has 0 aliphatic carbocycles. The van der Waals surface area contributed by atoms with Crippen molar-refractivity contribution < 1.29 is 4.79 Å². The highest BCUT2D eigenvalue weighted by molar-refractivity contribution is 5.95. The number of carbonyl (C=O) groups excluding carboxylic acids is 1. The minimum Gasteiger partial charge on any atom is -0.348 e. The second-order valence-electron chi connectivity index (χ2n) is 6.63. The van der Waals surface area contributed by atoms with Gasteiger partial charge in [0.2, 0.25) is 0 Å². The first-order chi connectivity index (χ1) is 12.7. The molecule has 4 rings (SSSR count). The first-order valence-corrected chi connectivity index (χ1v) is 8.85. The van der Waals surface area contributed by atoms with E-state index in [2.05, 4.69) is 39.5 Å². The van der Waals surface area contributed by atoms with E-state index in [-0.39, 0.29) is 5.91 Å². The van der Waals surface area contributed by atoms with Crippen LogP contribution < -0.4 is 10.2 Å². The number of amides is 1. The molecule has 2 aromatic carbocycles. The fourth-order valence-electron chi connectivity index (χ4n) is 3.41. The lowest BCUT2D eigenvalue weighted by atomic mass is 10.1. The molecule has 0 bridgehead atoms. The van der Waals surface area contributed by atoms with Crippen molar-refractivity contribution in [3.63, 3.8) is 0 Å². The van der Waals surface area contributed by atoms with Crippen molar-refractivity contribution in [1.82, 2.24) is 10.3 Å². The Kier molecular flexibility index (Phi) is 4.40. The largest absolute Gasteiger partial charge is 0.348 e. The van der Waals surface area contributed by atoms with E-state index in [1.165, 1.54) is 16.8 Å². The first-order valence-electron chi connectivity index (χ1n) is 8.85. The van der Waals surface area contributed by atoms with Gasteiger partial charge in [-0.25, -0.2) is 0 Å². The number of nitrogens with one attached hydrogen (secondary N) is 1. The van der Waals surface area contributed by atoms with E-state index in [1.807, 2.05) is 43.5 Å². The maximum atomic E-state index is 12.5. The van der Waals surface area contributed by atoms with E-state index < -0.39 is 0 Å². The van der Waals surface area contributed by atoms with E-state index in [1.54, 1.807) is 6.20 Å². The summed E-state index contributed by atoms with van der Waals surface area (Å²) in [5.74, 6) is -0.103. The number of hydrogen-bond acceptors (Lipinski definition) is 3. The molecule has 4 heteroatoms. The highest BCUT2D eigenvalue weighted by Gasteiger charge is 2.20. The number of carbonyl (C=O) groups is 1. The Morgan fingerprint density at radius 2 is 2.00 bits per heavy atom. The van der Waals surface area contributed by atoms with E-state index in [4.69, 9.17) is 0 Å². The predicted molar refractivity (Wildman–Crippen MR) is 104 cm³/mol. The lowest BCUT2D eigenvalue weighted by molar-refractivity contribution is 0.0950. The number of aromatic nitrogens is 1. The van der Waals surface area contributed by atoms with Gasteiger partial charge in [-0.05, 0) is 36.6 Å². The third-order valence-electron chi connectivity index (χ3n) is 4.72. The van der Waals surface area contributed by atoms with E-state index in [0.29, 0.717) is 12.1 Å². The summed E-state index contributed by atoms with van der Waals surface area (Å²) in [7, 11) is 0. The minimum atomic E-state index is -0.103. The van der Waals surface area contributed by atoms with Gasteiger partial charge in [0, 0.05) is 25.0 Å². The van der Waals surface area contributed by atoms with E-state index >= 15 is 0 Å². The Balaban J connectivity index is 1.50. The highest BCUT2D eigenvalue weighted by atomic mass is 16.1. The summed E-state index contributed by atoms with van der Waals surface area (Å²) in [6, 6.07) is 18.4. The zero-order valence-electron chi connectivity index (χ0n) is 14.8. The summed E-state index contributed by atoms with van der Waals surface area (Å²) in [6.45, 7) is 3.47. The molecule has 0 atom stereocenters. The molecule has 0 spiro atoms. The van der Waals surface area contributed by atoms with Crippen LogP contribution >= 0.6 is 0 Å². The molecular formula is C22H21N3O. The number of aryl methyl sites for hydroxylation is 1. The lowest BCUT2D eigenvalue weighted by Gasteiger charge is -2.19. The molecule has 0 saturated heterocycles. The van der Waals surface area contributed by atoms with Gasteiger partial charge < -0.3 is 10.2 Å². The quantitative estimate of drug-likeness (QED) is 0.778. The molecule has 0 saturated carbocycles. The lowest BCUT2D eigenvalue weighted by Crippen LogP contribution is -2.23. The zero-order valence-corrected chi connectivity index (χ0v) is 14.8. The molecule has 1 aliphatic rings. The molecular weight excluding hydrogens is 322 g/mol. The Hall–Kier alpha value is -3.14. The zero-order chi connectivity index (χ0) is 17.9. The normalized spacial score (nSPS) is 12.7. The smallest absolute Gasteiger partial charge is 0.253 e. The van der Waals surface area contributed by atoms with Gasteiger partial charge in [0.25, 0.3) is 5.91 Å². The summed E-state index contributed by atoms with van der Waals surface area (Å²) in [4.78, 5) is 19.1. The minimum absolute atomic E-state index is 0.103. The fourth-order valence-corrected chi connectivity index (χ4v) is 3.41. The fraction of sp³-hybridized carbons (Fsp3) is 0.182. The Morgan fingerprint density at radius 3 is 2.88 bits per heavy atom. The van der Waals surface area contributed by atoms with Crippen LogP contribution in [0.2, 0.25) is 0 Å². The molecule has 0 radical (unpaired) electrons. The Morgan fingerprint density at radius 1 is 1.12 bits per heavy atom. The molecule has 4 nitrogen and oxygen atoms in total. The van der Waals surface area contributed by atoms with Crippen LogP contribution in [0.5, 0.6) is 0 Å². The molecule has 3 aromatic rings. The number of nitrogens with zero attached hydrogens (tertiary/aromatic N) is 2. The number of fused-ring (bicyclic) bond motifs is 1. The number of anilines is 2. The van der Waals surface area contributed by atoms with Gasteiger partial charge in [-0.2, -0.15) is 0 Å². The number of hydrogen-bond donors (Lipinski definition) is 1. The number of rotatable bonds is 4. The van der Waals surface area contributed by atoms with Gasteiger partial charge >= 0.3 is 0 Å². The summed E-state index contributed by atoms with van der Waals surface area (Å²) in [5.41, 5.74) is 6.36. The second kappa shape index (κ2) is 7.00. The summed E-state index contributed by atoms with van der Waals surface area (Å²) in [6.07, 6.45) is 4.45.